The third kappa shape index (κ3) is 3.93. The van der Waals surface area contributed by atoms with Gasteiger partial charge < -0.3 is 15.1 Å². The summed E-state index contributed by atoms with van der Waals surface area (Å²) in [4.78, 5) is 32.5. The van der Waals surface area contributed by atoms with Crippen molar-refractivity contribution < 1.29 is 19.8 Å². The smallest absolute Gasteiger partial charge is 0.265 e. The number of aliphatic hydroxyl groups is 1. The van der Waals surface area contributed by atoms with Crippen molar-refractivity contribution in [2.75, 3.05) is 42.6 Å². The van der Waals surface area contributed by atoms with Crippen LogP contribution in [0.4, 0.5) is 11.4 Å². The van der Waals surface area contributed by atoms with Gasteiger partial charge in [-0.3, -0.25) is 19.4 Å². The zero-order valence-electron chi connectivity index (χ0n) is 18.8. The second-order valence-electron chi connectivity index (χ2n) is 8.81. The molecule has 174 valence electrons. The van der Waals surface area contributed by atoms with Gasteiger partial charge in [0.15, 0.2) is 11.4 Å². The lowest BCUT2D eigenvalue weighted by atomic mass is 9.88. The maximum Gasteiger partial charge on any atom is 0.265 e. The Balaban J connectivity index is 1.33. The molecule has 0 aromatic heterocycles. The lowest BCUT2D eigenvalue weighted by Crippen LogP contribution is -2.52. The molecule has 0 aliphatic carbocycles. The van der Waals surface area contributed by atoms with E-state index in [4.69, 9.17) is 0 Å². The van der Waals surface area contributed by atoms with Gasteiger partial charge in [-0.05, 0) is 30.3 Å². The lowest BCUT2D eigenvalue weighted by Gasteiger charge is -2.38. The normalized spacial score (nSPS) is 20.4. The Morgan fingerprint density at radius 3 is 2.24 bits per heavy atom. The molecular weight excluding hydrogens is 430 g/mol. The number of carbonyl (C=O) groups is 2. The van der Waals surface area contributed by atoms with Crippen molar-refractivity contribution in [2.45, 2.75) is 12.0 Å². The van der Waals surface area contributed by atoms with E-state index in [1.165, 1.54) is 17.8 Å². The Morgan fingerprint density at radius 1 is 0.853 bits per heavy atom. The molecule has 3 aromatic rings. The van der Waals surface area contributed by atoms with Gasteiger partial charge >= 0.3 is 0 Å². The van der Waals surface area contributed by atoms with Crippen LogP contribution in [0.1, 0.15) is 22.3 Å². The lowest BCUT2D eigenvalue weighted by molar-refractivity contribution is -0.136. The summed E-state index contributed by atoms with van der Waals surface area (Å²) in [5.41, 5.74) is 0.345. The number of amides is 1. The molecule has 1 amide bonds. The molecule has 1 fully saturated rings. The summed E-state index contributed by atoms with van der Waals surface area (Å²) < 4.78 is 0. The number of ketones is 1. The summed E-state index contributed by atoms with van der Waals surface area (Å²) in [7, 11) is 0. The number of hydrogen-bond donors (Lipinski definition) is 2. The molecule has 1 atom stereocenters. The predicted octanol–water partition coefficient (Wildman–Crippen LogP) is 2.98. The highest BCUT2D eigenvalue weighted by Crippen LogP contribution is 2.43. The number of Topliss-reactive ketones (excluding diaryl/α,β-unsaturated/α-hetero) is 1. The van der Waals surface area contributed by atoms with Gasteiger partial charge in [0.2, 0.25) is 0 Å². The maximum atomic E-state index is 13.5. The number of anilines is 2. The molecule has 3 aromatic carbocycles. The number of phenols is 1. The molecule has 0 bridgehead atoms. The molecule has 1 unspecified atom stereocenters. The van der Waals surface area contributed by atoms with Crippen LogP contribution in [-0.4, -0.2) is 59.7 Å². The van der Waals surface area contributed by atoms with Crippen molar-refractivity contribution in [3.8, 4) is 5.75 Å². The van der Waals surface area contributed by atoms with Gasteiger partial charge in [-0.25, -0.2) is 0 Å². The highest BCUT2D eigenvalue weighted by atomic mass is 16.3. The van der Waals surface area contributed by atoms with Gasteiger partial charge in [-0.1, -0.05) is 48.5 Å². The van der Waals surface area contributed by atoms with E-state index < -0.39 is 23.7 Å². The van der Waals surface area contributed by atoms with Gasteiger partial charge in [-0.15, -0.1) is 0 Å². The van der Waals surface area contributed by atoms with Crippen LogP contribution in [0.15, 0.2) is 78.9 Å². The third-order valence-electron chi connectivity index (χ3n) is 6.70. The van der Waals surface area contributed by atoms with Crippen LogP contribution in [0.25, 0.3) is 0 Å². The number of aromatic hydroxyl groups is 1. The minimum atomic E-state index is -1.97. The van der Waals surface area contributed by atoms with E-state index in [1.807, 2.05) is 24.3 Å². The number of piperazine rings is 1. The zero-order chi connectivity index (χ0) is 23.7. The predicted molar refractivity (Wildman–Crippen MR) is 130 cm³/mol. The topological polar surface area (TPSA) is 84.3 Å². The van der Waals surface area contributed by atoms with Gasteiger partial charge in [0, 0.05) is 37.4 Å². The summed E-state index contributed by atoms with van der Waals surface area (Å²) in [5, 5.41) is 21.6. The first-order valence-electron chi connectivity index (χ1n) is 11.4. The molecule has 7 nitrogen and oxygen atoms in total. The number of fused-ring (bicyclic) bond motifs is 1. The molecule has 2 heterocycles. The van der Waals surface area contributed by atoms with Crippen LogP contribution in [0.2, 0.25) is 0 Å². The second-order valence-corrected chi connectivity index (χ2v) is 8.81. The van der Waals surface area contributed by atoms with Gasteiger partial charge in [0.1, 0.15) is 5.75 Å². The van der Waals surface area contributed by atoms with E-state index >= 15 is 0 Å². The van der Waals surface area contributed by atoms with Crippen molar-refractivity contribution in [1.82, 2.24) is 4.90 Å². The molecule has 1 saturated heterocycles. The van der Waals surface area contributed by atoms with Gasteiger partial charge in [-0.2, -0.15) is 0 Å². The minimum absolute atomic E-state index is 0.0942. The summed E-state index contributed by atoms with van der Waals surface area (Å²) in [5.74, 6) is -1.16. The standard InChI is InChI=1S/C27H27N3O4/c31-24-13-7-4-10-21(24)25(32)18-27(34)22-11-5-6-12-23(22)30(26(27)33)19-28-14-16-29(17-15-28)20-8-2-1-3-9-20/h1-13,31,34H,14-19H2. The van der Waals surface area contributed by atoms with E-state index in [0.717, 1.165) is 26.2 Å². The Bertz CT molecular complexity index is 1210. The Labute approximate surface area is 198 Å². The van der Waals surface area contributed by atoms with Crippen LogP contribution in [0.3, 0.4) is 0 Å². The molecule has 5 rings (SSSR count). The molecule has 34 heavy (non-hydrogen) atoms. The number of para-hydroxylation sites is 3. The Kier molecular flexibility index (Phi) is 5.81. The molecule has 0 radical (unpaired) electrons. The molecule has 2 N–H and O–H groups in total. The van der Waals surface area contributed by atoms with Crippen molar-refractivity contribution in [3.63, 3.8) is 0 Å². The zero-order valence-corrected chi connectivity index (χ0v) is 18.8. The van der Waals surface area contributed by atoms with E-state index in [1.54, 1.807) is 35.2 Å². The molecule has 0 saturated carbocycles. The number of carbonyl (C=O) groups excluding carboxylic acids is 2. The monoisotopic (exact) mass is 457 g/mol. The van der Waals surface area contributed by atoms with Crippen LogP contribution in [0, 0.1) is 0 Å². The highest BCUT2D eigenvalue weighted by Gasteiger charge is 2.51. The summed E-state index contributed by atoms with van der Waals surface area (Å²) in [6, 6.07) is 23.5. The Hall–Kier alpha value is -3.68. The number of benzene rings is 3. The van der Waals surface area contributed by atoms with Crippen LogP contribution in [-0.2, 0) is 10.4 Å². The van der Waals surface area contributed by atoms with Crippen molar-refractivity contribution in [3.05, 3.63) is 90.0 Å². The summed E-state index contributed by atoms with van der Waals surface area (Å²) in [6.07, 6.45) is -0.432. The van der Waals surface area contributed by atoms with Crippen LogP contribution >= 0.6 is 0 Å². The van der Waals surface area contributed by atoms with Crippen molar-refractivity contribution >= 4 is 23.1 Å². The molecular formula is C27H27N3O4. The fourth-order valence-electron chi connectivity index (χ4n) is 4.84. The van der Waals surface area contributed by atoms with Crippen molar-refractivity contribution in [1.29, 1.82) is 0 Å². The SMILES string of the molecule is O=C(CC1(O)C(=O)N(CN2CCN(c3ccccc3)CC2)c2ccccc21)c1ccccc1O. The number of phenolic OH excluding ortho intramolecular Hbond substituents is 1. The third-order valence-corrected chi connectivity index (χ3v) is 6.70. The minimum Gasteiger partial charge on any atom is -0.507 e. The summed E-state index contributed by atoms with van der Waals surface area (Å²) >= 11 is 0. The fraction of sp³-hybridized carbons (Fsp3) is 0.259. The van der Waals surface area contributed by atoms with E-state index in [2.05, 4.69) is 21.9 Å². The van der Waals surface area contributed by atoms with Gasteiger partial charge in [0.25, 0.3) is 5.91 Å². The van der Waals surface area contributed by atoms with Gasteiger partial charge in [0.05, 0.1) is 24.3 Å². The van der Waals surface area contributed by atoms with Crippen LogP contribution in [0.5, 0.6) is 5.75 Å². The van der Waals surface area contributed by atoms with E-state index in [-0.39, 0.29) is 11.3 Å². The van der Waals surface area contributed by atoms with E-state index in [9.17, 15) is 19.8 Å². The molecule has 2 aliphatic heterocycles. The molecule has 7 heteroatoms. The number of hydrogen-bond acceptors (Lipinski definition) is 6. The number of rotatable bonds is 6. The average molecular weight is 458 g/mol. The van der Waals surface area contributed by atoms with E-state index in [0.29, 0.717) is 17.9 Å². The highest BCUT2D eigenvalue weighted by molar-refractivity contribution is 6.11. The maximum absolute atomic E-state index is 13.5. The van der Waals surface area contributed by atoms with Crippen LogP contribution < -0.4 is 9.80 Å². The molecule has 0 spiro atoms. The second kappa shape index (κ2) is 8.93. The largest absolute Gasteiger partial charge is 0.507 e. The fourth-order valence-corrected chi connectivity index (χ4v) is 4.84. The first-order chi connectivity index (χ1) is 16.5. The molecule has 2 aliphatic rings. The Morgan fingerprint density at radius 2 is 1.50 bits per heavy atom. The quantitative estimate of drug-likeness (QED) is 0.554. The summed E-state index contributed by atoms with van der Waals surface area (Å²) in [6.45, 7) is 3.56. The number of nitrogens with zero attached hydrogens (tertiary/aromatic N) is 3. The average Bonchev–Trinajstić information content (AvgIpc) is 3.07. The van der Waals surface area contributed by atoms with Crippen molar-refractivity contribution in [2.24, 2.45) is 0 Å². The first kappa shape index (κ1) is 22.1. The first-order valence-corrected chi connectivity index (χ1v) is 11.4.